The third-order valence-corrected chi connectivity index (χ3v) is 5.92. The summed E-state index contributed by atoms with van der Waals surface area (Å²) in [7, 11) is 2.21. The molecule has 0 radical (unpaired) electrons. The molecule has 4 rings (SSSR count). The molecule has 2 aromatic rings. The highest BCUT2D eigenvalue weighted by atomic mass is 35.5. The Labute approximate surface area is 184 Å². The first kappa shape index (κ1) is 25.0. The van der Waals surface area contributed by atoms with Crippen molar-refractivity contribution in [2.75, 3.05) is 33.2 Å². The van der Waals surface area contributed by atoms with Crippen LogP contribution < -0.4 is 5.73 Å². The number of likely N-dealkylation sites (tertiary alicyclic amines) is 2. The van der Waals surface area contributed by atoms with Gasteiger partial charge in [0.1, 0.15) is 11.3 Å². The van der Waals surface area contributed by atoms with Gasteiger partial charge in [0.15, 0.2) is 0 Å². The number of fused-ring (bicyclic) bond motifs is 1. The molecule has 0 saturated carbocycles. The first-order valence-corrected chi connectivity index (χ1v) is 9.33. The second-order valence-corrected chi connectivity index (χ2v) is 7.53. The Morgan fingerprint density at radius 2 is 1.71 bits per heavy atom. The van der Waals surface area contributed by atoms with Gasteiger partial charge in [-0.25, -0.2) is 4.98 Å². The molecular formula is C19H30Cl3N5O. The number of benzene rings is 1. The highest BCUT2D eigenvalue weighted by molar-refractivity contribution is 6.04. The third kappa shape index (κ3) is 5.10. The quantitative estimate of drug-likeness (QED) is 0.752. The fourth-order valence-corrected chi connectivity index (χ4v) is 4.34. The van der Waals surface area contributed by atoms with Crippen LogP contribution in [0.15, 0.2) is 18.2 Å². The lowest BCUT2D eigenvalue weighted by molar-refractivity contribution is 0.0958. The van der Waals surface area contributed by atoms with E-state index in [2.05, 4.69) is 21.8 Å². The van der Waals surface area contributed by atoms with Gasteiger partial charge in [-0.05, 0) is 71.0 Å². The summed E-state index contributed by atoms with van der Waals surface area (Å²) in [4.78, 5) is 24.8. The van der Waals surface area contributed by atoms with Crippen LogP contribution >= 0.6 is 37.2 Å². The van der Waals surface area contributed by atoms with Gasteiger partial charge < -0.3 is 20.5 Å². The summed E-state index contributed by atoms with van der Waals surface area (Å²) in [6, 6.07) is 6.31. The average molecular weight is 451 g/mol. The summed E-state index contributed by atoms with van der Waals surface area (Å²) in [5.74, 6) is 1.03. The largest absolute Gasteiger partial charge is 0.366 e. The van der Waals surface area contributed by atoms with E-state index in [1.54, 1.807) is 6.07 Å². The van der Waals surface area contributed by atoms with Crippen molar-refractivity contribution >= 4 is 54.2 Å². The van der Waals surface area contributed by atoms with Crippen LogP contribution in [0.1, 0.15) is 47.8 Å². The van der Waals surface area contributed by atoms with Gasteiger partial charge in [0.25, 0.3) is 5.91 Å². The monoisotopic (exact) mass is 449 g/mol. The molecule has 2 aliphatic heterocycles. The molecule has 3 heterocycles. The molecule has 1 aromatic carbocycles. The molecule has 1 amide bonds. The van der Waals surface area contributed by atoms with Crippen LogP contribution in [0.4, 0.5) is 0 Å². The van der Waals surface area contributed by atoms with Crippen molar-refractivity contribution in [3.8, 4) is 0 Å². The number of nitrogens with two attached hydrogens (primary N) is 1. The molecule has 3 N–H and O–H groups in total. The number of aromatic amines is 1. The van der Waals surface area contributed by atoms with Crippen LogP contribution in [-0.4, -0.2) is 64.9 Å². The minimum atomic E-state index is -0.416. The second-order valence-electron chi connectivity index (χ2n) is 7.53. The number of primary amides is 1. The highest BCUT2D eigenvalue weighted by Gasteiger charge is 2.29. The van der Waals surface area contributed by atoms with Gasteiger partial charge >= 0.3 is 0 Å². The van der Waals surface area contributed by atoms with Gasteiger partial charge in [-0.1, -0.05) is 6.07 Å². The Hall–Kier alpha value is -1.05. The lowest BCUT2D eigenvalue weighted by atomic mass is 9.93. The van der Waals surface area contributed by atoms with E-state index in [-0.39, 0.29) is 37.2 Å². The molecule has 2 aliphatic rings. The van der Waals surface area contributed by atoms with Crippen LogP contribution in [0.25, 0.3) is 11.0 Å². The van der Waals surface area contributed by atoms with Gasteiger partial charge in [0.2, 0.25) is 0 Å². The zero-order chi connectivity index (χ0) is 17.4. The average Bonchev–Trinajstić information content (AvgIpc) is 3.06. The van der Waals surface area contributed by atoms with Gasteiger partial charge in [-0.3, -0.25) is 4.79 Å². The molecule has 0 spiro atoms. The zero-order valence-corrected chi connectivity index (χ0v) is 18.5. The standard InChI is InChI=1S/C19H27N5O.3ClH/c1-23-9-7-14(8-10-23)24-11-5-13(6-12-24)19-21-16-4-2-3-15(18(20)25)17(16)22-19;;;/h2-4,13-14H,5-12H2,1H3,(H2,20,25)(H,21,22);3*1H. The third-order valence-electron chi connectivity index (χ3n) is 5.92. The predicted octanol–water partition coefficient (Wildman–Crippen LogP) is 3.20. The van der Waals surface area contributed by atoms with Gasteiger partial charge in [0.05, 0.1) is 11.1 Å². The summed E-state index contributed by atoms with van der Waals surface area (Å²) in [6.45, 7) is 4.70. The number of para-hydroxylation sites is 1. The molecular weight excluding hydrogens is 421 g/mol. The normalized spacial score (nSPS) is 19.5. The smallest absolute Gasteiger partial charge is 0.250 e. The molecule has 0 unspecified atom stereocenters. The highest BCUT2D eigenvalue weighted by Crippen LogP contribution is 2.30. The molecule has 1 aromatic heterocycles. The Balaban J connectivity index is 0.00000131. The van der Waals surface area contributed by atoms with E-state index in [1.165, 1.54) is 25.9 Å². The van der Waals surface area contributed by atoms with E-state index < -0.39 is 5.91 Å². The molecule has 9 heteroatoms. The Kier molecular flexibility index (Phi) is 9.50. The fraction of sp³-hybridized carbons (Fsp3) is 0.579. The minimum Gasteiger partial charge on any atom is -0.366 e. The number of rotatable bonds is 3. The lowest BCUT2D eigenvalue weighted by Crippen LogP contribution is -2.46. The number of amides is 1. The number of piperidine rings is 2. The number of carbonyl (C=O) groups excluding carboxylic acids is 1. The topological polar surface area (TPSA) is 78.2 Å². The van der Waals surface area contributed by atoms with Crippen LogP contribution in [0.3, 0.4) is 0 Å². The number of nitrogens with zero attached hydrogens (tertiary/aromatic N) is 3. The maximum atomic E-state index is 11.6. The Bertz CT molecular complexity index is 768. The van der Waals surface area contributed by atoms with Crippen LogP contribution in [0.5, 0.6) is 0 Å². The van der Waals surface area contributed by atoms with E-state index in [0.717, 1.165) is 43.3 Å². The van der Waals surface area contributed by atoms with Gasteiger partial charge in [-0.15, -0.1) is 37.2 Å². The van der Waals surface area contributed by atoms with Crippen molar-refractivity contribution in [2.24, 2.45) is 5.73 Å². The van der Waals surface area contributed by atoms with E-state index >= 15 is 0 Å². The molecule has 6 nitrogen and oxygen atoms in total. The molecule has 0 bridgehead atoms. The number of hydrogen-bond donors (Lipinski definition) is 2. The van der Waals surface area contributed by atoms with E-state index in [9.17, 15) is 4.79 Å². The van der Waals surface area contributed by atoms with Crippen LogP contribution in [0.2, 0.25) is 0 Å². The summed E-state index contributed by atoms with van der Waals surface area (Å²) in [5, 5.41) is 0. The van der Waals surface area contributed by atoms with Crippen molar-refractivity contribution in [1.82, 2.24) is 19.8 Å². The fourth-order valence-electron chi connectivity index (χ4n) is 4.34. The molecule has 28 heavy (non-hydrogen) atoms. The van der Waals surface area contributed by atoms with Gasteiger partial charge in [0, 0.05) is 12.0 Å². The van der Waals surface area contributed by atoms with Crippen molar-refractivity contribution in [3.63, 3.8) is 0 Å². The zero-order valence-electron chi connectivity index (χ0n) is 16.1. The number of aromatic nitrogens is 2. The predicted molar refractivity (Wildman–Crippen MR) is 120 cm³/mol. The minimum absolute atomic E-state index is 0. The van der Waals surface area contributed by atoms with E-state index in [4.69, 9.17) is 10.7 Å². The maximum Gasteiger partial charge on any atom is 0.250 e. The first-order valence-electron chi connectivity index (χ1n) is 9.33. The second kappa shape index (κ2) is 10.6. The first-order chi connectivity index (χ1) is 12.1. The van der Waals surface area contributed by atoms with Crippen molar-refractivity contribution in [3.05, 3.63) is 29.6 Å². The number of nitrogens with one attached hydrogen (secondary N) is 1. The summed E-state index contributed by atoms with van der Waals surface area (Å²) in [6.07, 6.45) is 4.82. The number of hydrogen-bond acceptors (Lipinski definition) is 4. The Morgan fingerprint density at radius 3 is 2.32 bits per heavy atom. The van der Waals surface area contributed by atoms with Crippen molar-refractivity contribution < 1.29 is 4.79 Å². The Morgan fingerprint density at radius 1 is 1.07 bits per heavy atom. The molecule has 2 fully saturated rings. The number of carbonyl (C=O) groups is 1. The van der Waals surface area contributed by atoms with E-state index in [0.29, 0.717) is 17.0 Å². The van der Waals surface area contributed by atoms with Crippen LogP contribution in [-0.2, 0) is 0 Å². The number of H-pyrrole nitrogens is 1. The summed E-state index contributed by atoms with van der Waals surface area (Å²) < 4.78 is 0. The van der Waals surface area contributed by atoms with Crippen LogP contribution in [0, 0.1) is 0 Å². The number of imidazole rings is 1. The number of halogens is 3. The maximum absolute atomic E-state index is 11.6. The summed E-state index contributed by atoms with van der Waals surface area (Å²) in [5.41, 5.74) is 7.60. The summed E-state index contributed by atoms with van der Waals surface area (Å²) >= 11 is 0. The van der Waals surface area contributed by atoms with Crippen molar-refractivity contribution in [2.45, 2.75) is 37.6 Å². The van der Waals surface area contributed by atoms with Gasteiger partial charge in [-0.2, -0.15) is 0 Å². The van der Waals surface area contributed by atoms with E-state index in [1.807, 2.05) is 12.1 Å². The SMILES string of the molecule is CN1CCC(N2CCC(c3nc4c(C(N)=O)cccc4[nH]3)CC2)CC1.Cl.Cl.Cl. The van der Waals surface area contributed by atoms with Crippen molar-refractivity contribution in [1.29, 1.82) is 0 Å². The lowest BCUT2D eigenvalue weighted by Gasteiger charge is -2.40. The molecule has 0 atom stereocenters. The molecule has 2 saturated heterocycles. The molecule has 158 valence electrons. The molecule has 0 aliphatic carbocycles.